The summed E-state index contributed by atoms with van der Waals surface area (Å²) in [6.07, 6.45) is 0.497. The quantitative estimate of drug-likeness (QED) is 0.612. The van der Waals surface area contributed by atoms with Crippen molar-refractivity contribution in [2.75, 3.05) is 13.1 Å². The van der Waals surface area contributed by atoms with E-state index in [0.717, 1.165) is 0 Å². The first-order valence-electron chi connectivity index (χ1n) is 5.34. The number of nitrogens with two attached hydrogens (primary N) is 1. The Bertz CT molecular complexity index is 357. The summed E-state index contributed by atoms with van der Waals surface area (Å²) in [6, 6.07) is -1.44. The fourth-order valence-electron chi connectivity index (χ4n) is 1.67. The van der Waals surface area contributed by atoms with Crippen LogP contribution in [0.3, 0.4) is 0 Å². The molecule has 0 aromatic heterocycles. The van der Waals surface area contributed by atoms with Crippen LogP contribution in [-0.4, -0.2) is 47.0 Å². The van der Waals surface area contributed by atoms with E-state index in [2.05, 4.69) is 5.32 Å². The number of aliphatic carboxylic acids is 1. The lowest BCUT2D eigenvalue weighted by Gasteiger charge is -2.22. The van der Waals surface area contributed by atoms with Crippen LogP contribution in [0, 0.1) is 5.41 Å². The summed E-state index contributed by atoms with van der Waals surface area (Å²) in [4.78, 5) is 34.8. The largest absolute Gasteiger partial charge is 0.480 e. The first kappa shape index (κ1) is 13.3. The molecule has 17 heavy (non-hydrogen) atoms. The zero-order valence-electron chi connectivity index (χ0n) is 9.90. The van der Waals surface area contributed by atoms with Gasteiger partial charge in [0.1, 0.15) is 6.04 Å². The van der Waals surface area contributed by atoms with E-state index in [1.54, 1.807) is 6.92 Å². The van der Waals surface area contributed by atoms with E-state index in [1.807, 2.05) is 0 Å². The van der Waals surface area contributed by atoms with Gasteiger partial charge in [-0.2, -0.15) is 0 Å². The van der Waals surface area contributed by atoms with E-state index in [-0.39, 0.29) is 6.54 Å². The predicted molar refractivity (Wildman–Crippen MR) is 59.1 cm³/mol. The maximum absolute atomic E-state index is 11.7. The van der Waals surface area contributed by atoms with E-state index in [4.69, 9.17) is 10.8 Å². The first-order chi connectivity index (χ1) is 7.76. The number of nitrogens with one attached hydrogen (secondary N) is 1. The molecule has 1 saturated heterocycles. The smallest absolute Gasteiger partial charge is 0.325 e. The number of nitrogens with zero attached hydrogens (tertiary/aromatic N) is 1. The Labute approximate surface area is 98.9 Å². The van der Waals surface area contributed by atoms with Gasteiger partial charge < -0.3 is 21.1 Å². The van der Waals surface area contributed by atoms with Gasteiger partial charge in [-0.1, -0.05) is 0 Å². The number of rotatable bonds is 3. The molecule has 0 spiro atoms. The molecule has 1 rings (SSSR count). The summed E-state index contributed by atoms with van der Waals surface area (Å²) in [7, 11) is 0. The van der Waals surface area contributed by atoms with Crippen LogP contribution in [-0.2, 0) is 9.59 Å². The van der Waals surface area contributed by atoms with E-state index in [1.165, 1.54) is 11.8 Å². The molecule has 2 atom stereocenters. The van der Waals surface area contributed by atoms with Crippen molar-refractivity contribution in [3.8, 4) is 0 Å². The normalized spacial score (nSPS) is 25.4. The van der Waals surface area contributed by atoms with Gasteiger partial charge >= 0.3 is 12.0 Å². The van der Waals surface area contributed by atoms with Crippen LogP contribution in [0.25, 0.3) is 0 Å². The standard InChI is InChI=1S/C10H17N3O4/c1-6(7(14)15)12-9(17)13-4-3-10(2,5-13)8(11)16/h6H,3-5H2,1-2H3,(H2,11,16)(H,12,17)(H,14,15)/t6-,10?/m1/s1. The van der Waals surface area contributed by atoms with Crippen molar-refractivity contribution in [2.24, 2.45) is 11.1 Å². The highest BCUT2D eigenvalue weighted by Gasteiger charge is 2.40. The SMILES string of the molecule is C[C@@H](NC(=O)N1CCC(C)(C(N)=O)C1)C(=O)O. The number of hydrogen-bond acceptors (Lipinski definition) is 3. The Morgan fingerprint density at radius 3 is 2.47 bits per heavy atom. The number of carboxylic acid groups (broad SMARTS) is 1. The van der Waals surface area contributed by atoms with Crippen molar-refractivity contribution in [1.82, 2.24) is 10.2 Å². The average Bonchev–Trinajstić information content (AvgIpc) is 2.62. The van der Waals surface area contributed by atoms with E-state index < -0.39 is 29.4 Å². The van der Waals surface area contributed by atoms with Crippen LogP contribution in [0.5, 0.6) is 0 Å². The van der Waals surface area contributed by atoms with Crippen molar-refractivity contribution in [1.29, 1.82) is 0 Å². The van der Waals surface area contributed by atoms with Crippen molar-refractivity contribution >= 4 is 17.9 Å². The van der Waals surface area contributed by atoms with Gasteiger partial charge in [0, 0.05) is 13.1 Å². The summed E-state index contributed by atoms with van der Waals surface area (Å²) < 4.78 is 0. The summed E-state index contributed by atoms with van der Waals surface area (Å²) in [5.74, 6) is -1.55. The molecule has 0 aliphatic carbocycles. The van der Waals surface area contributed by atoms with Gasteiger partial charge in [0.2, 0.25) is 5.91 Å². The molecule has 0 radical (unpaired) electrons. The monoisotopic (exact) mass is 243 g/mol. The molecule has 4 N–H and O–H groups in total. The Balaban J connectivity index is 2.57. The number of likely N-dealkylation sites (tertiary alicyclic amines) is 1. The van der Waals surface area contributed by atoms with Crippen LogP contribution >= 0.6 is 0 Å². The molecule has 1 heterocycles. The van der Waals surface area contributed by atoms with Gasteiger partial charge in [0.25, 0.3) is 0 Å². The highest BCUT2D eigenvalue weighted by molar-refractivity contribution is 5.85. The van der Waals surface area contributed by atoms with Crippen molar-refractivity contribution in [2.45, 2.75) is 26.3 Å². The molecule has 1 aliphatic heterocycles. The van der Waals surface area contributed by atoms with Crippen molar-refractivity contribution in [3.63, 3.8) is 0 Å². The number of amides is 3. The Hall–Kier alpha value is -1.79. The lowest BCUT2D eigenvalue weighted by atomic mass is 9.89. The highest BCUT2D eigenvalue weighted by Crippen LogP contribution is 2.29. The third kappa shape index (κ3) is 2.86. The van der Waals surface area contributed by atoms with Crippen LogP contribution in [0.2, 0.25) is 0 Å². The lowest BCUT2D eigenvalue weighted by Crippen LogP contribution is -2.47. The second-order valence-corrected chi connectivity index (χ2v) is 4.61. The van der Waals surface area contributed by atoms with Crippen LogP contribution in [0.4, 0.5) is 4.79 Å². The molecular weight excluding hydrogens is 226 g/mol. The van der Waals surface area contributed by atoms with Gasteiger partial charge in [-0.05, 0) is 20.3 Å². The zero-order chi connectivity index (χ0) is 13.2. The lowest BCUT2D eigenvalue weighted by molar-refractivity contribution is -0.138. The Morgan fingerprint density at radius 1 is 1.47 bits per heavy atom. The predicted octanol–water partition coefficient (Wildman–Crippen LogP) is -0.634. The molecule has 7 heteroatoms. The second kappa shape index (κ2) is 4.60. The van der Waals surface area contributed by atoms with Gasteiger partial charge in [-0.3, -0.25) is 9.59 Å². The molecule has 0 bridgehead atoms. The Kier molecular flexibility index (Phi) is 3.59. The second-order valence-electron chi connectivity index (χ2n) is 4.61. The van der Waals surface area contributed by atoms with Gasteiger partial charge in [0.15, 0.2) is 0 Å². The highest BCUT2D eigenvalue weighted by atomic mass is 16.4. The van der Waals surface area contributed by atoms with Crippen LogP contribution in [0.15, 0.2) is 0 Å². The van der Waals surface area contributed by atoms with E-state index in [0.29, 0.717) is 13.0 Å². The number of urea groups is 1. The van der Waals surface area contributed by atoms with Gasteiger partial charge in [-0.25, -0.2) is 4.79 Å². The molecule has 0 saturated carbocycles. The molecule has 1 fully saturated rings. The molecule has 1 aliphatic rings. The molecule has 0 aromatic rings. The average molecular weight is 243 g/mol. The number of carbonyl (C=O) groups excluding carboxylic acids is 2. The first-order valence-corrected chi connectivity index (χ1v) is 5.34. The summed E-state index contributed by atoms with van der Waals surface area (Å²) in [5, 5.41) is 11.0. The summed E-state index contributed by atoms with van der Waals surface area (Å²) in [6.45, 7) is 3.70. The summed E-state index contributed by atoms with van der Waals surface area (Å²) in [5.41, 5.74) is 4.53. The van der Waals surface area contributed by atoms with Gasteiger partial charge in [-0.15, -0.1) is 0 Å². The van der Waals surface area contributed by atoms with Crippen LogP contribution < -0.4 is 11.1 Å². The van der Waals surface area contributed by atoms with E-state index in [9.17, 15) is 14.4 Å². The topological polar surface area (TPSA) is 113 Å². The molecular formula is C10H17N3O4. The molecule has 1 unspecified atom stereocenters. The third-order valence-corrected chi connectivity index (χ3v) is 3.07. The number of carboxylic acids is 1. The maximum Gasteiger partial charge on any atom is 0.325 e. The minimum Gasteiger partial charge on any atom is -0.480 e. The van der Waals surface area contributed by atoms with Gasteiger partial charge in [0.05, 0.1) is 5.41 Å². The molecule has 0 aromatic carbocycles. The van der Waals surface area contributed by atoms with Crippen molar-refractivity contribution in [3.05, 3.63) is 0 Å². The molecule has 96 valence electrons. The number of carbonyl (C=O) groups is 3. The number of hydrogen-bond donors (Lipinski definition) is 3. The third-order valence-electron chi connectivity index (χ3n) is 3.07. The fraction of sp³-hybridized carbons (Fsp3) is 0.700. The van der Waals surface area contributed by atoms with Crippen molar-refractivity contribution < 1.29 is 19.5 Å². The van der Waals surface area contributed by atoms with E-state index >= 15 is 0 Å². The fourth-order valence-corrected chi connectivity index (χ4v) is 1.67. The zero-order valence-corrected chi connectivity index (χ0v) is 9.90. The van der Waals surface area contributed by atoms with Crippen LogP contribution in [0.1, 0.15) is 20.3 Å². The minimum absolute atomic E-state index is 0.223. The Morgan fingerprint density at radius 2 is 2.06 bits per heavy atom. The summed E-state index contributed by atoms with van der Waals surface area (Å²) >= 11 is 0. The molecule has 7 nitrogen and oxygen atoms in total. The minimum atomic E-state index is -1.10. The molecule has 3 amide bonds. The maximum atomic E-state index is 11.7. The number of primary amides is 1.